The van der Waals surface area contributed by atoms with E-state index in [0.29, 0.717) is 5.92 Å². The van der Waals surface area contributed by atoms with E-state index in [0.717, 1.165) is 11.1 Å². The molecule has 0 aliphatic heterocycles. The van der Waals surface area contributed by atoms with Gasteiger partial charge in [-0.05, 0) is 12.0 Å². The molecule has 0 bridgehead atoms. The third-order valence-corrected chi connectivity index (χ3v) is 2.00. The predicted octanol–water partition coefficient (Wildman–Crippen LogP) is 2.95. The Labute approximate surface area is 71.2 Å². The Morgan fingerprint density at radius 3 is 2.92 bits per heavy atom. The predicted molar refractivity (Wildman–Crippen MR) is 48.1 cm³/mol. The van der Waals surface area contributed by atoms with Crippen LogP contribution in [0.5, 0.6) is 0 Å². The Morgan fingerprint density at radius 2 is 2.17 bits per heavy atom. The van der Waals surface area contributed by atoms with Crippen molar-refractivity contribution in [2.24, 2.45) is 0 Å². The minimum absolute atomic E-state index is 0.488. The molecule has 0 unspecified atom stereocenters. The molecule has 2 aromatic rings. The summed E-state index contributed by atoms with van der Waals surface area (Å²) in [6, 6.07) is 3.90. The van der Waals surface area contributed by atoms with Gasteiger partial charge in [0.2, 0.25) is 0 Å². The Balaban J connectivity index is 2.73. The smallest absolute Gasteiger partial charge is 0.155 e. The highest BCUT2D eigenvalue weighted by Crippen LogP contribution is 2.23. The van der Waals surface area contributed by atoms with Gasteiger partial charge in [0, 0.05) is 17.8 Å². The Morgan fingerprint density at radius 1 is 1.33 bits per heavy atom. The highest BCUT2D eigenvalue weighted by atomic mass is 16.3. The Hall–Kier alpha value is -1.31. The van der Waals surface area contributed by atoms with Crippen LogP contribution in [0.1, 0.15) is 25.3 Å². The molecule has 2 heteroatoms. The summed E-state index contributed by atoms with van der Waals surface area (Å²) in [5.74, 6) is 0.488. The van der Waals surface area contributed by atoms with Crippen LogP contribution in [0.4, 0.5) is 0 Å². The SMILES string of the molecule is CC(C)c1ccnc2ccoc12. The molecule has 0 fully saturated rings. The number of pyridine rings is 1. The van der Waals surface area contributed by atoms with Crippen LogP contribution < -0.4 is 0 Å². The van der Waals surface area contributed by atoms with Gasteiger partial charge in [0.15, 0.2) is 5.58 Å². The van der Waals surface area contributed by atoms with Crippen molar-refractivity contribution in [2.75, 3.05) is 0 Å². The second-order valence-electron chi connectivity index (χ2n) is 3.19. The summed E-state index contributed by atoms with van der Waals surface area (Å²) in [4.78, 5) is 4.19. The fourth-order valence-corrected chi connectivity index (χ4v) is 1.35. The van der Waals surface area contributed by atoms with Gasteiger partial charge in [-0.2, -0.15) is 0 Å². The molecule has 2 rings (SSSR count). The van der Waals surface area contributed by atoms with Gasteiger partial charge in [0.25, 0.3) is 0 Å². The lowest BCUT2D eigenvalue weighted by atomic mass is 10.0. The molecule has 2 nitrogen and oxygen atoms in total. The van der Waals surface area contributed by atoms with Crippen LogP contribution in [0.3, 0.4) is 0 Å². The maximum Gasteiger partial charge on any atom is 0.155 e. The fourth-order valence-electron chi connectivity index (χ4n) is 1.35. The van der Waals surface area contributed by atoms with Gasteiger partial charge in [0.1, 0.15) is 5.52 Å². The van der Waals surface area contributed by atoms with Gasteiger partial charge in [-0.25, -0.2) is 0 Å². The number of fused-ring (bicyclic) bond motifs is 1. The van der Waals surface area contributed by atoms with Crippen molar-refractivity contribution in [3.05, 3.63) is 30.2 Å². The highest BCUT2D eigenvalue weighted by Gasteiger charge is 2.07. The number of rotatable bonds is 1. The quantitative estimate of drug-likeness (QED) is 0.642. The van der Waals surface area contributed by atoms with Gasteiger partial charge in [-0.15, -0.1) is 0 Å². The minimum atomic E-state index is 0.488. The molecule has 0 saturated heterocycles. The fraction of sp³-hybridized carbons (Fsp3) is 0.300. The van der Waals surface area contributed by atoms with E-state index in [9.17, 15) is 0 Å². The second-order valence-corrected chi connectivity index (χ2v) is 3.19. The van der Waals surface area contributed by atoms with E-state index >= 15 is 0 Å². The molecule has 0 N–H and O–H groups in total. The Bertz CT molecular complexity index is 389. The summed E-state index contributed by atoms with van der Waals surface area (Å²) in [6.07, 6.45) is 3.51. The largest absolute Gasteiger partial charge is 0.462 e. The zero-order valence-electron chi connectivity index (χ0n) is 7.24. The monoisotopic (exact) mass is 161 g/mol. The topological polar surface area (TPSA) is 26.0 Å². The van der Waals surface area contributed by atoms with E-state index in [4.69, 9.17) is 4.42 Å². The van der Waals surface area contributed by atoms with E-state index in [1.807, 2.05) is 18.3 Å². The molecule has 2 aromatic heterocycles. The summed E-state index contributed by atoms with van der Waals surface area (Å²) in [7, 11) is 0. The molecule has 0 aliphatic carbocycles. The van der Waals surface area contributed by atoms with Crippen molar-refractivity contribution in [1.82, 2.24) is 4.98 Å². The first-order valence-electron chi connectivity index (χ1n) is 4.11. The van der Waals surface area contributed by atoms with Crippen molar-refractivity contribution in [3.63, 3.8) is 0 Å². The van der Waals surface area contributed by atoms with Crippen molar-refractivity contribution < 1.29 is 4.42 Å². The van der Waals surface area contributed by atoms with E-state index in [-0.39, 0.29) is 0 Å². The Kier molecular flexibility index (Phi) is 1.61. The van der Waals surface area contributed by atoms with Crippen LogP contribution in [0, 0.1) is 0 Å². The van der Waals surface area contributed by atoms with Crippen LogP contribution in [0.15, 0.2) is 29.0 Å². The highest BCUT2D eigenvalue weighted by molar-refractivity contribution is 5.76. The number of aromatic nitrogens is 1. The zero-order valence-corrected chi connectivity index (χ0v) is 7.24. The van der Waals surface area contributed by atoms with Gasteiger partial charge in [-0.1, -0.05) is 13.8 Å². The summed E-state index contributed by atoms with van der Waals surface area (Å²) >= 11 is 0. The summed E-state index contributed by atoms with van der Waals surface area (Å²) < 4.78 is 5.35. The maximum atomic E-state index is 5.35. The molecule has 12 heavy (non-hydrogen) atoms. The molecule has 0 saturated carbocycles. The van der Waals surface area contributed by atoms with E-state index in [2.05, 4.69) is 18.8 Å². The van der Waals surface area contributed by atoms with Crippen molar-refractivity contribution in [1.29, 1.82) is 0 Å². The summed E-state index contributed by atoms with van der Waals surface area (Å²) in [5, 5.41) is 0. The number of hydrogen-bond acceptors (Lipinski definition) is 2. The molecular formula is C10H11NO. The second kappa shape index (κ2) is 2.63. The number of nitrogens with zero attached hydrogens (tertiary/aromatic N) is 1. The van der Waals surface area contributed by atoms with Gasteiger partial charge >= 0.3 is 0 Å². The normalized spacial score (nSPS) is 11.2. The molecular weight excluding hydrogens is 150 g/mol. The maximum absolute atomic E-state index is 5.35. The van der Waals surface area contributed by atoms with E-state index in [1.165, 1.54) is 5.56 Å². The van der Waals surface area contributed by atoms with Gasteiger partial charge in [-0.3, -0.25) is 4.98 Å². The van der Waals surface area contributed by atoms with Crippen LogP contribution in [0.25, 0.3) is 11.1 Å². The number of furan rings is 1. The van der Waals surface area contributed by atoms with E-state index < -0.39 is 0 Å². The van der Waals surface area contributed by atoms with Gasteiger partial charge < -0.3 is 4.42 Å². The van der Waals surface area contributed by atoms with Crippen LogP contribution >= 0.6 is 0 Å². The van der Waals surface area contributed by atoms with Crippen molar-refractivity contribution in [3.8, 4) is 0 Å². The molecule has 0 atom stereocenters. The molecule has 0 radical (unpaired) electrons. The van der Waals surface area contributed by atoms with Crippen molar-refractivity contribution in [2.45, 2.75) is 19.8 Å². The third kappa shape index (κ3) is 0.998. The zero-order chi connectivity index (χ0) is 8.55. The first-order chi connectivity index (χ1) is 5.79. The lowest BCUT2D eigenvalue weighted by Crippen LogP contribution is -1.88. The lowest BCUT2D eigenvalue weighted by molar-refractivity contribution is 0.606. The van der Waals surface area contributed by atoms with E-state index in [1.54, 1.807) is 6.26 Å². The third-order valence-electron chi connectivity index (χ3n) is 2.00. The van der Waals surface area contributed by atoms with Gasteiger partial charge in [0.05, 0.1) is 6.26 Å². The van der Waals surface area contributed by atoms with Crippen LogP contribution in [-0.4, -0.2) is 4.98 Å². The van der Waals surface area contributed by atoms with Crippen LogP contribution in [-0.2, 0) is 0 Å². The molecule has 2 heterocycles. The molecule has 0 amide bonds. The average Bonchev–Trinajstić information content (AvgIpc) is 2.49. The lowest BCUT2D eigenvalue weighted by Gasteiger charge is -2.03. The molecule has 62 valence electrons. The molecule has 0 aromatic carbocycles. The average molecular weight is 161 g/mol. The standard InChI is InChI=1S/C10H11NO/c1-7(2)8-3-5-11-9-4-6-12-10(8)9/h3-7H,1-2H3. The summed E-state index contributed by atoms with van der Waals surface area (Å²) in [5.41, 5.74) is 3.10. The minimum Gasteiger partial charge on any atom is -0.462 e. The first kappa shape index (κ1) is 7.35. The molecule has 0 spiro atoms. The molecule has 0 aliphatic rings. The number of hydrogen-bond donors (Lipinski definition) is 0. The van der Waals surface area contributed by atoms with Crippen molar-refractivity contribution >= 4 is 11.1 Å². The van der Waals surface area contributed by atoms with Crippen LogP contribution in [0.2, 0.25) is 0 Å². The summed E-state index contributed by atoms with van der Waals surface area (Å²) in [6.45, 7) is 4.30. The first-order valence-corrected chi connectivity index (χ1v) is 4.11.